The molecule has 0 saturated heterocycles. The molecule has 0 bridgehead atoms. The molecule has 0 atom stereocenters. The average molecular weight is 523 g/mol. The minimum Gasteiger partial charge on any atom is -0.289 e. The molecule has 0 fully saturated rings. The van der Waals surface area contributed by atoms with Crippen LogP contribution in [0.1, 0.15) is 12.5 Å². The monoisotopic (exact) mass is 521 g/mol. The van der Waals surface area contributed by atoms with E-state index in [-0.39, 0.29) is 15.4 Å². The van der Waals surface area contributed by atoms with Gasteiger partial charge in [0, 0.05) is 13.8 Å². The Balaban J connectivity index is 2.13. The molecule has 0 amide bonds. The summed E-state index contributed by atoms with van der Waals surface area (Å²) in [6.45, 7) is 2.00. The SMILES string of the molecule is CCSc1ccc(Br)cc1Nn1cnc2c(Br)cc(C(F)(F)F)cc2c1=O. The Kier molecular flexibility index (Phi) is 5.87. The number of nitrogens with one attached hydrogen (secondary N) is 1. The molecule has 0 radical (unpaired) electrons. The van der Waals surface area contributed by atoms with Crippen molar-refractivity contribution in [1.29, 1.82) is 0 Å². The van der Waals surface area contributed by atoms with Crippen LogP contribution in [0.5, 0.6) is 0 Å². The van der Waals surface area contributed by atoms with E-state index < -0.39 is 17.3 Å². The van der Waals surface area contributed by atoms with E-state index in [0.29, 0.717) is 5.69 Å². The Morgan fingerprint density at radius 3 is 2.63 bits per heavy atom. The molecule has 3 aromatic rings. The number of nitrogens with zero attached hydrogens (tertiary/aromatic N) is 2. The van der Waals surface area contributed by atoms with E-state index in [1.54, 1.807) is 17.8 Å². The maximum absolute atomic E-state index is 13.1. The number of halogens is 5. The van der Waals surface area contributed by atoms with E-state index in [0.717, 1.165) is 31.9 Å². The van der Waals surface area contributed by atoms with Gasteiger partial charge in [-0.25, -0.2) is 9.66 Å². The lowest BCUT2D eigenvalue weighted by molar-refractivity contribution is -0.137. The Hall–Kier alpha value is -1.52. The first-order chi connectivity index (χ1) is 12.7. The first kappa shape index (κ1) is 20.2. The van der Waals surface area contributed by atoms with Crippen LogP contribution in [0.25, 0.3) is 10.9 Å². The summed E-state index contributed by atoms with van der Waals surface area (Å²) < 4.78 is 41.2. The van der Waals surface area contributed by atoms with Crippen LogP contribution in [0.15, 0.2) is 55.3 Å². The van der Waals surface area contributed by atoms with E-state index >= 15 is 0 Å². The van der Waals surface area contributed by atoms with Gasteiger partial charge in [-0.05, 0) is 52.0 Å². The van der Waals surface area contributed by atoms with E-state index in [4.69, 9.17) is 0 Å². The number of anilines is 1. The fourth-order valence-electron chi connectivity index (χ4n) is 2.43. The van der Waals surface area contributed by atoms with Gasteiger partial charge in [0.25, 0.3) is 5.56 Å². The predicted molar refractivity (Wildman–Crippen MR) is 108 cm³/mol. The molecule has 27 heavy (non-hydrogen) atoms. The summed E-state index contributed by atoms with van der Waals surface area (Å²) in [5.41, 5.74) is 2.20. The van der Waals surface area contributed by atoms with Crippen molar-refractivity contribution in [3.8, 4) is 0 Å². The number of benzene rings is 2. The van der Waals surface area contributed by atoms with E-state index in [2.05, 4.69) is 42.3 Å². The number of hydrogen-bond acceptors (Lipinski definition) is 4. The second-order valence-corrected chi connectivity index (χ2v) is 8.53. The van der Waals surface area contributed by atoms with Crippen LogP contribution in [-0.2, 0) is 6.18 Å². The fourth-order valence-corrected chi connectivity index (χ4v) is 4.09. The van der Waals surface area contributed by atoms with Crippen LogP contribution in [0.3, 0.4) is 0 Å². The lowest BCUT2D eigenvalue weighted by Crippen LogP contribution is -2.27. The normalized spacial score (nSPS) is 11.8. The topological polar surface area (TPSA) is 46.9 Å². The smallest absolute Gasteiger partial charge is 0.289 e. The number of hydrogen-bond donors (Lipinski definition) is 1. The molecule has 0 spiro atoms. The predicted octanol–water partition coefficient (Wildman–Crippen LogP) is 5.93. The Bertz CT molecular complexity index is 1070. The first-order valence-electron chi connectivity index (χ1n) is 7.68. The van der Waals surface area contributed by atoms with Crippen molar-refractivity contribution in [2.75, 3.05) is 11.2 Å². The van der Waals surface area contributed by atoms with Gasteiger partial charge in [-0.15, -0.1) is 11.8 Å². The zero-order valence-corrected chi connectivity index (χ0v) is 17.8. The molecule has 0 unspecified atom stereocenters. The van der Waals surface area contributed by atoms with Gasteiger partial charge in [0.1, 0.15) is 6.33 Å². The van der Waals surface area contributed by atoms with E-state index in [1.807, 2.05) is 19.1 Å². The molecule has 0 saturated carbocycles. The summed E-state index contributed by atoms with van der Waals surface area (Å²) in [6.07, 6.45) is -3.31. The fraction of sp³-hybridized carbons (Fsp3) is 0.176. The zero-order valence-electron chi connectivity index (χ0n) is 13.8. The molecule has 10 heteroatoms. The van der Waals surface area contributed by atoms with Gasteiger partial charge in [-0.1, -0.05) is 22.9 Å². The maximum Gasteiger partial charge on any atom is 0.416 e. The molecule has 1 heterocycles. The summed E-state index contributed by atoms with van der Waals surface area (Å²) in [7, 11) is 0. The largest absolute Gasteiger partial charge is 0.416 e. The third-order valence-electron chi connectivity index (χ3n) is 3.62. The van der Waals surface area contributed by atoms with Crippen molar-refractivity contribution in [1.82, 2.24) is 9.66 Å². The molecule has 0 aliphatic heterocycles. The lowest BCUT2D eigenvalue weighted by atomic mass is 10.1. The van der Waals surface area contributed by atoms with Crippen LogP contribution >= 0.6 is 43.6 Å². The number of aromatic nitrogens is 2. The Morgan fingerprint density at radius 1 is 1.22 bits per heavy atom. The van der Waals surface area contributed by atoms with Crippen molar-refractivity contribution >= 4 is 60.2 Å². The van der Waals surface area contributed by atoms with Crippen molar-refractivity contribution in [3.05, 3.63) is 61.5 Å². The molecular weight excluding hydrogens is 511 g/mol. The van der Waals surface area contributed by atoms with Crippen LogP contribution in [0.4, 0.5) is 18.9 Å². The number of alkyl halides is 3. The van der Waals surface area contributed by atoms with E-state index in [9.17, 15) is 18.0 Å². The third kappa shape index (κ3) is 4.33. The van der Waals surface area contributed by atoms with Gasteiger partial charge >= 0.3 is 6.18 Å². The standard InChI is InChI=1S/C17H12Br2F3N3OS/c1-2-27-14-4-3-10(18)7-13(14)24-25-8-23-15-11(16(25)26)5-9(6-12(15)19)17(20,21)22/h3-8,24H,2H2,1H3. The average Bonchev–Trinajstić information content (AvgIpc) is 2.59. The van der Waals surface area contributed by atoms with E-state index in [1.165, 1.54) is 6.33 Å². The third-order valence-corrected chi connectivity index (χ3v) is 5.68. The molecule has 0 aliphatic carbocycles. The van der Waals surface area contributed by atoms with Crippen LogP contribution in [-0.4, -0.2) is 15.4 Å². The van der Waals surface area contributed by atoms with Crippen LogP contribution in [0, 0.1) is 0 Å². The van der Waals surface area contributed by atoms with Gasteiger partial charge in [0.2, 0.25) is 0 Å². The molecule has 142 valence electrons. The summed E-state index contributed by atoms with van der Waals surface area (Å²) in [5, 5.41) is -0.133. The summed E-state index contributed by atoms with van der Waals surface area (Å²) in [6, 6.07) is 7.28. The molecule has 2 aromatic carbocycles. The Labute approximate surface area is 173 Å². The van der Waals surface area contributed by atoms with Gasteiger partial charge in [-0.3, -0.25) is 10.2 Å². The van der Waals surface area contributed by atoms with Crippen molar-refractivity contribution in [2.24, 2.45) is 0 Å². The van der Waals surface area contributed by atoms with Crippen LogP contribution < -0.4 is 11.0 Å². The Morgan fingerprint density at radius 2 is 1.96 bits per heavy atom. The molecule has 0 aliphatic rings. The molecule has 3 rings (SSSR count). The minimum atomic E-state index is -4.56. The second kappa shape index (κ2) is 7.84. The van der Waals surface area contributed by atoms with Crippen molar-refractivity contribution < 1.29 is 13.2 Å². The summed E-state index contributed by atoms with van der Waals surface area (Å²) in [4.78, 5) is 17.8. The van der Waals surface area contributed by atoms with Crippen molar-refractivity contribution in [2.45, 2.75) is 18.0 Å². The van der Waals surface area contributed by atoms with Gasteiger partial charge < -0.3 is 0 Å². The van der Waals surface area contributed by atoms with Crippen molar-refractivity contribution in [3.63, 3.8) is 0 Å². The second-order valence-electron chi connectivity index (χ2n) is 5.46. The van der Waals surface area contributed by atoms with Gasteiger partial charge in [-0.2, -0.15) is 13.2 Å². The maximum atomic E-state index is 13.1. The highest BCUT2D eigenvalue weighted by atomic mass is 79.9. The van der Waals surface area contributed by atoms with Crippen LogP contribution in [0.2, 0.25) is 0 Å². The highest BCUT2D eigenvalue weighted by Gasteiger charge is 2.31. The molecule has 1 N–H and O–H groups in total. The highest BCUT2D eigenvalue weighted by molar-refractivity contribution is 9.11. The lowest BCUT2D eigenvalue weighted by Gasteiger charge is -2.15. The first-order valence-corrected chi connectivity index (χ1v) is 10.3. The summed E-state index contributed by atoms with van der Waals surface area (Å²) in [5.74, 6) is 0.822. The molecule has 4 nitrogen and oxygen atoms in total. The summed E-state index contributed by atoms with van der Waals surface area (Å²) >= 11 is 8.02. The molecule has 1 aromatic heterocycles. The quantitative estimate of drug-likeness (QED) is 0.431. The number of thioether (sulfide) groups is 1. The van der Waals surface area contributed by atoms with Gasteiger partial charge in [0.05, 0.1) is 22.2 Å². The van der Waals surface area contributed by atoms with Gasteiger partial charge in [0.15, 0.2) is 0 Å². The molecular formula is C17H12Br2F3N3OS. The zero-order chi connectivity index (χ0) is 19.8. The number of rotatable bonds is 4. The minimum absolute atomic E-state index is 0.112. The highest BCUT2D eigenvalue weighted by Crippen LogP contribution is 2.34. The number of fused-ring (bicyclic) bond motifs is 1.